The van der Waals surface area contributed by atoms with E-state index in [-0.39, 0.29) is 11.9 Å². The molecule has 1 rings (SSSR count). The van der Waals surface area contributed by atoms with Crippen LogP contribution >= 0.6 is 15.9 Å². The molecule has 0 aliphatic rings. The highest BCUT2D eigenvalue weighted by molar-refractivity contribution is 9.10. The summed E-state index contributed by atoms with van der Waals surface area (Å²) in [5, 5.41) is 2.59. The molecule has 1 aromatic rings. The van der Waals surface area contributed by atoms with Gasteiger partial charge in [-0.3, -0.25) is 0 Å². The lowest BCUT2D eigenvalue weighted by Crippen LogP contribution is -2.32. The zero-order chi connectivity index (χ0) is 10.6. The van der Waals surface area contributed by atoms with Crippen LogP contribution in [0.2, 0.25) is 0 Å². The predicted molar refractivity (Wildman–Crippen MR) is 56.2 cm³/mol. The van der Waals surface area contributed by atoms with E-state index in [4.69, 9.17) is 4.74 Å². The number of hydrogen-bond acceptors (Lipinski definition) is 3. The number of carbonyl (C=O) groups excluding carboxylic acids is 1. The third-order valence-electron chi connectivity index (χ3n) is 1.29. The topological polar surface area (TPSA) is 51.2 Å². The molecule has 5 heteroatoms. The largest absolute Gasteiger partial charge is 0.414 e. The minimum absolute atomic E-state index is 0.0506. The second kappa shape index (κ2) is 4.95. The average Bonchev–Trinajstić information content (AvgIpc) is 2.01. The van der Waals surface area contributed by atoms with Crippen LogP contribution in [0.25, 0.3) is 0 Å². The molecule has 14 heavy (non-hydrogen) atoms. The van der Waals surface area contributed by atoms with Gasteiger partial charge in [-0.2, -0.15) is 0 Å². The summed E-state index contributed by atoms with van der Waals surface area (Å²) >= 11 is 3.18. The minimum Gasteiger partial charge on any atom is -0.391 e. The molecule has 0 aliphatic heterocycles. The van der Waals surface area contributed by atoms with Gasteiger partial charge in [0.2, 0.25) is 5.88 Å². The number of aromatic nitrogens is 1. The van der Waals surface area contributed by atoms with Gasteiger partial charge in [0.25, 0.3) is 0 Å². The predicted octanol–water partition coefficient (Wildman–Crippen LogP) is 2.34. The van der Waals surface area contributed by atoms with Crippen molar-refractivity contribution in [1.29, 1.82) is 0 Å². The first-order valence-corrected chi connectivity index (χ1v) is 4.98. The summed E-state index contributed by atoms with van der Waals surface area (Å²) in [5.74, 6) is 0.275. The van der Waals surface area contributed by atoms with E-state index in [1.165, 1.54) is 0 Å². The number of carbonyl (C=O) groups is 1. The third-order valence-corrected chi connectivity index (χ3v) is 1.74. The number of ether oxygens (including phenoxy) is 1. The second-order valence-electron chi connectivity index (χ2n) is 2.99. The maximum Gasteiger partial charge on any atom is 0.414 e. The van der Waals surface area contributed by atoms with Crippen molar-refractivity contribution < 1.29 is 9.53 Å². The van der Waals surface area contributed by atoms with Crippen LogP contribution < -0.4 is 10.1 Å². The first-order valence-electron chi connectivity index (χ1n) is 4.19. The molecule has 76 valence electrons. The summed E-state index contributed by atoms with van der Waals surface area (Å²) in [6.07, 6.45) is -0.495. The highest BCUT2D eigenvalue weighted by atomic mass is 79.9. The SMILES string of the molecule is CC(C)NC(=O)Oc1cccc(Br)n1. The van der Waals surface area contributed by atoms with E-state index in [0.717, 1.165) is 0 Å². The molecule has 1 aromatic heterocycles. The van der Waals surface area contributed by atoms with Gasteiger partial charge in [-0.15, -0.1) is 0 Å². The number of hydrogen-bond donors (Lipinski definition) is 1. The summed E-state index contributed by atoms with van der Waals surface area (Å²) in [6, 6.07) is 5.17. The fraction of sp³-hybridized carbons (Fsp3) is 0.333. The molecule has 0 saturated carbocycles. The highest BCUT2D eigenvalue weighted by Gasteiger charge is 2.06. The molecule has 1 N–H and O–H groups in total. The lowest BCUT2D eigenvalue weighted by molar-refractivity contribution is 0.196. The Balaban J connectivity index is 2.56. The standard InChI is InChI=1S/C9H11BrN2O2/c1-6(2)11-9(13)14-8-5-3-4-7(10)12-8/h3-6H,1-2H3,(H,11,13). The average molecular weight is 259 g/mol. The maximum atomic E-state index is 11.1. The maximum absolute atomic E-state index is 11.1. The molecule has 0 aromatic carbocycles. The van der Waals surface area contributed by atoms with E-state index in [1.54, 1.807) is 18.2 Å². The lowest BCUT2D eigenvalue weighted by atomic mass is 10.4. The summed E-state index contributed by atoms with van der Waals surface area (Å²) in [7, 11) is 0. The first kappa shape index (κ1) is 11.0. The van der Waals surface area contributed by atoms with Gasteiger partial charge >= 0.3 is 6.09 Å². The second-order valence-corrected chi connectivity index (χ2v) is 3.80. The molecule has 0 fully saturated rings. The van der Waals surface area contributed by atoms with Crippen LogP contribution in [0, 0.1) is 0 Å². The molecule has 0 radical (unpaired) electrons. The fourth-order valence-corrected chi connectivity index (χ4v) is 1.13. The number of amides is 1. The molecule has 0 saturated heterocycles. The Morgan fingerprint density at radius 3 is 2.86 bits per heavy atom. The van der Waals surface area contributed by atoms with Gasteiger partial charge in [-0.25, -0.2) is 9.78 Å². The summed E-state index contributed by atoms with van der Waals surface area (Å²) in [6.45, 7) is 3.71. The van der Waals surface area contributed by atoms with Crippen LogP contribution in [0.4, 0.5) is 4.79 Å². The van der Waals surface area contributed by atoms with Crippen molar-refractivity contribution >= 4 is 22.0 Å². The summed E-state index contributed by atoms with van der Waals surface area (Å²) in [5.41, 5.74) is 0. The Labute approximate surface area is 90.8 Å². The van der Waals surface area contributed by atoms with E-state index in [0.29, 0.717) is 4.60 Å². The van der Waals surface area contributed by atoms with Crippen LogP contribution in [-0.4, -0.2) is 17.1 Å². The van der Waals surface area contributed by atoms with E-state index in [9.17, 15) is 4.79 Å². The molecule has 0 unspecified atom stereocenters. The zero-order valence-electron chi connectivity index (χ0n) is 7.95. The quantitative estimate of drug-likeness (QED) is 0.829. The Hall–Kier alpha value is -1.10. The fourth-order valence-electron chi connectivity index (χ4n) is 0.807. The van der Waals surface area contributed by atoms with Crippen molar-refractivity contribution in [3.8, 4) is 5.88 Å². The monoisotopic (exact) mass is 258 g/mol. The van der Waals surface area contributed by atoms with Crippen LogP contribution in [0.1, 0.15) is 13.8 Å². The van der Waals surface area contributed by atoms with Crippen LogP contribution in [0.5, 0.6) is 5.88 Å². The van der Waals surface area contributed by atoms with E-state index < -0.39 is 6.09 Å². The van der Waals surface area contributed by atoms with Gasteiger partial charge in [0, 0.05) is 12.1 Å². The van der Waals surface area contributed by atoms with E-state index in [1.807, 2.05) is 13.8 Å². The van der Waals surface area contributed by atoms with Crippen LogP contribution in [-0.2, 0) is 0 Å². The van der Waals surface area contributed by atoms with Gasteiger partial charge in [-0.1, -0.05) is 6.07 Å². The number of pyridine rings is 1. The first-order chi connectivity index (χ1) is 6.58. The molecular formula is C9H11BrN2O2. The minimum atomic E-state index is -0.495. The molecular weight excluding hydrogens is 248 g/mol. The Morgan fingerprint density at radius 1 is 1.57 bits per heavy atom. The van der Waals surface area contributed by atoms with Gasteiger partial charge in [0.05, 0.1) is 0 Å². The summed E-state index contributed by atoms with van der Waals surface area (Å²) < 4.78 is 5.55. The Morgan fingerprint density at radius 2 is 2.29 bits per heavy atom. The zero-order valence-corrected chi connectivity index (χ0v) is 9.54. The lowest BCUT2D eigenvalue weighted by Gasteiger charge is -2.07. The van der Waals surface area contributed by atoms with Crippen LogP contribution in [0.15, 0.2) is 22.8 Å². The number of rotatable bonds is 2. The van der Waals surface area contributed by atoms with Crippen molar-refractivity contribution in [2.24, 2.45) is 0 Å². The molecule has 4 nitrogen and oxygen atoms in total. The molecule has 0 aliphatic carbocycles. The smallest absolute Gasteiger partial charge is 0.391 e. The molecule has 1 heterocycles. The van der Waals surface area contributed by atoms with Gasteiger partial charge in [0.15, 0.2) is 0 Å². The van der Waals surface area contributed by atoms with Crippen molar-refractivity contribution in [1.82, 2.24) is 10.3 Å². The number of nitrogens with one attached hydrogen (secondary N) is 1. The van der Waals surface area contributed by atoms with Crippen molar-refractivity contribution in [3.05, 3.63) is 22.8 Å². The van der Waals surface area contributed by atoms with Crippen molar-refractivity contribution in [2.75, 3.05) is 0 Å². The van der Waals surface area contributed by atoms with E-state index in [2.05, 4.69) is 26.2 Å². The van der Waals surface area contributed by atoms with Gasteiger partial charge in [-0.05, 0) is 35.8 Å². The highest BCUT2D eigenvalue weighted by Crippen LogP contribution is 2.11. The van der Waals surface area contributed by atoms with Crippen LogP contribution in [0.3, 0.4) is 0 Å². The molecule has 1 amide bonds. The number of halogens is 1. The number of nitrogens with zero attached hydrogens (tertiary/aromatic N) is 1. The normalized spacial score (nSPS) is 10.0. The van der Waals surface area contributed by atoms with Gasteiger partial charge in [0.1, 0.15) is 4.60 Å². The van der Waals surface area contributed by atoms with Crippen molar-refractivity contribution in [2.45, 2.75) is 19.9 Å². The molecule has 0 spiro atoms. The Bertz CT molecular complexity index is 328. The van der Waals surface area contributed by atoms with E-state index >= 15 is 0 Å². The molecule has 0 atom stereocenters. The van der Waals surface area contributed by atoms with Crippen molar-refractivity contribution in [3.63, 3.8) is 0 Å². The summed E-state index contributed by atoms with van der Waals surface area (Å²) in [4.78, 5) is 15.1. The third kappa shape index (κ3) is 3.74. The van der Waals surface area contributed by atoms with Gasteiger partial charge < -0.3 is 10.1 Å². The molecule has 0 bridgehead atoms. The Kier molecular flexibility index (Phi) is 3.88.